The number of methoxy groups -OCH3 is 1. The number of thiophene rings is 1. The molecular formula is C21H37BrNO3PS. The first-order valence-electron chi connectivity index (χ1n) is 10.2. The smallest absolute Gasteiger partial charge is 0.350 e. The lowest BCUT2D eigenvalue weighted by Crippen LogP contribution is -3.00. The molecule has 0 fully saturated rings. The highest BCUT2D eigenvalue weighted by molar-refractivity contribution is 7.76. The van der Waals surface area contributed by atoms with Crippen molar-refractivity contribution in [2.45, 2.75) is 66.2 Å². The lowest BCUT2D eigenvalue weighted by atomic mass is 10.2. The maximum absolute atomic E-state index is 13.0. The van der Waals surface area contributed by atoms with Crippen LogP contribution in [0.3, 0.4) is 0 Å². The van der Waals surface area contributed by atoms with Gasteiger partial charge in [-0.05, 0) is 37.1 Å². The summed E-state index contributed by atoms with van der Waals surface area (Å²) >= 11 is 1.33. The molecule has 0 saturated carbocycles. The van der Waals surface area contributed by atoms with E-state index in [2.05, 4.69) is 26.1 Å². The number of hydrogen-bond acceptors (Lipinski definition) is 4. The Morgan fingerprint density at radius 3 is 1.96 bits per heavy atom. The van der Waals surface area contributed by atoms with E-state index in [4.69, 9.17) is 4.74 Å². The number of halogens is 1. The van der Waals surface area contributed by atoms with Crippen LogP contribution in [0, 0.1) is 6.92 Å². The average Bonchev–Trinajstić information content (AvgIpc) is 3.02. The minimum Gasteiger partial charge on any atom is -1.00 e. The quantitative estimate of drug-likeness (QED) is 0.339. The molecule has 0 unspecified atom stereocenters. The van der Waals surface area contributed by atoms with Crippen molar-refractivity contribution in [3.8, 4) is 0 Å². The fourth-order valence-electron chi connectivity index (χ4n) is 3.38. The van der Waals surface area contributed by atoms with Gasteiger partial charge in [-0.1, -0.05) is 40.0 Å². The van der Waals surface area contributed by atoms with Crippen LogP contribution < -0.4 is 22.3 Å². The molecule has 0 radical (unpaired) electrons. The number of unbranched alkanes of at least 4 members (excludes halogenated alkanes) is 3. The first kappa shape index (κ1) is 27.5. The van der Waals surface area contributed by atoms with E-state index in [9.17, 15) is 9.59 Å². The van der Waals surface area contributed by atoms with Crippen LogP contribution in [-0.2, 0) is 9.53 Å². The summed E-state index contributed by atoms with van der Waals surface area (Å²) in [5, 5.41) is 4.96. The minimum absolute atomic E-state index is 0. The Bertz CT molecular complexity index is 585. The van der Waals surface area contributed by atoms with Gasteiger partial charge in [0.15, 0.2) is 0 Å². The molecule has 0 aliphatic heterocycles. The Morgan fingerprint density at radius 2 is 1.54 bits per heavy atom. The SMILES string of the molecule is CCCC[P+](CCCC)(CCCC)CC(=O)Nc1c(C)csc1C(=O)OC.[Br-]. The maximum atomic E-state index is 13.0. The van der Waals surface area contributed by atoms with E-state index in [1.807, 2.05) is 12.3 Å². The predicted molar refractivity (Wildman–Crippen MR) is 120 cm³/mol. The summed E-state index contributed by atoms with van der Waals surface area (Å²) in [4.78, 5) is 25.5. The van der Waals surface area contributed by atoms with Gasteiger partial charge in [0, 0.05) is 7.26 Å². The van der Waals surface area contributed by atoms with Crippen LogP contribution in [0.5, 0.6) is 0 Å². The number of hydrogen-bond donors (Lipinski definition) is 1. The average molecular weight is 494 g/mol. The summed E-state index contributed by atoms with van der Waals surface area (Å²) in [5.74, 6) is -0.314. The molecule has 0 aromatic carbocycles. The Hall–Kier alpha value is -0.450. The van der Waals surface area contributed by atoms with Crippen molar-refractivity contribution < 1.29 is 31.3 Å². The Balaban J connectivity index is 0.00000729. The van der Waals surface area contributed by atoms with Crippen LogP contribution in [0.4, 0.5) is 5.69 Å². The normalized spacial score (nSPS) is 11.0. The van der Waals surface area contributed by atoms with E-state index < -0.39 is 7.26 Å². The molecule has 0 atom stereocenters. The zero-order valence-electron chi connectivity index (χ0n) is 18.1. The summed E-state index contributed by atoms with van der Waals surface area (Å²) in [6.45, 7) is 8.61. The van der Waals surface area contributed by atoms with Gasteiger partial charge < -0.3 is 27.0 Å². The number of nitrogens with one attached hydrogen (secondary N) is 1. The molecular weight excluding hydrogens is 457 g/mol. The molecule has 0 bridgehead atoms. The minimum atomic E-state index is -1.31. The van der Waals surface area contributed by atoms with Gasteiger partial charge in [0.05, 0.1) is 31.3 Å². The summed E-state index contributed by atoms with van der Waals surface area (Å²) in [6.07, 6.45) is 11.4. The van der Waals surface area contributed by atoms with Gasteiger partial charge in [-0.2, -0.15) is 0 Å². The van der Waals surface area contributed by atoms with Crippen molar-refractivity contribution in [1.29, 1.82) is 0 Å². The van der Waals surface area contributed by atoms with E-state index in [0.717, 1.165) is 5.56 Å². The first-order chi connectivity index (χ1) is 12.9. The number of carbonyl (C=O) groups is 2. The molecule has 1 N–H and O–H groups in total. The summed E-state index contributed by atoms with van der Waals surface area (Å²) in [5.41, 5.74) is 1.56. The highest BCUT2D eigenvalue weighted by atomic mass is 79.9. The first-order valence-corrected chi connectivity index (χ1v) is 13.6. The van der Waals surface area contributed by atoms with Gasteiger partial charge in [0.2, 0.25) is 0 Å². The number of amides is 1. The molecule has 7 heteroatoms. The van der Waals surface area contributed by atoms with Crippen LogP contribution in [0.2, 0.25) is 0 Å². The maximum Gasteiger partial charge on any atom is 0.350 e. The van der Waals surface area contributed by atoms with Gasteiger partial charge in [0.1, 0.15) is 11.0 Å². The molecule has 4 nitrogen and oxygen atoms in total. The summed E-state index contributed by atoms with van der Waals surface area (Å²) in [7, 11) is 0.0689. The molecule has 0 saturated heterocycles. The molecule has 1 rings (SSSR count). The Morgan fingerprint density at radius 1 is 1.04 bits per heavy atom. The number of carbonyl (C=O) groups excluding carboxylic acids is 2. The predicted octanol–water partition coefficient (Wildman–Crippen LogP) is 3.20. The number of anilines is 1. The molecule has 28 heavy (non-hydrogen) atoms. The van der Waals surface area contributed by atoms with Gasteiger partial charge in [0.25, 0.3) is 5.91 Å². The second-order valence-corrected chi connectivity index (χ2v) is 12.6. The van der Waals surface area contributed by atoms with E-state index in [1.165, 1.54) is 75.5 Å². The van der Waals surface area contributed by atoms with Crippen molar-refractivity contribution in [2.24, 2.45) is 0 Å². The molecule has 1 heterocycles. The largest absolute Gasteiger partial charge is 1.00 e. The van der Waals surface area contributed by atoms with Gasteiger partial charge in [-0.3, -0.25) is 4.79 Å². The number of esters is 1. The third-order valence-electron chi connectivity index (χ3n) is 5.05. The number of aryl methyl sites for hydroxylation is 1. The Kier molecular flexibility index (Phi) is 14.3. The highest BCUT2D eigenvalue weighted by Gasteiger charge is 2.38. The Labute approximate surface area is 186 Å². The fourth-order valence-corrected chi connectivity index (χ4v) is 9.10. The van der Waals surface area contributed by atoms with E-state index in [1.54, 1.807) is 0 Å². The molecule has 0 spiro atoms. The topological polar surface area (TPSA) is 55.4 Å². The molecule has 0 aliphatic rings. The zero-order valence-corrected chi connectivity index (χ0v) is 21.4. The summed E-state index contributed by atoms with van der Waals surface area (Å²) < 4.78 is 4.86. The highest BCUT2D eigenvalue weighted by Crippen LogP contribution is 2.60. The number of ether oxygens (including phenoxy) is 1. The summed E-state index contributed by atoms with van der Waals surface area (Å²) in [6, 6.07) is 0. The molecule has 1 aromatic heterocycles. The van der Waals surface area contributed by atoms with Crippen molar-refractivity contribution >= 4 is 36.2 Å². The van der Waals surface area contributed by atoms with E-state index in [-0.39, 0.29) is 28.9 Å². The standard InChI is InChI=1S/C21H36NO3PS.BrH/c1-6-9-12-26(13-10-7-2,14-11-8-3)15-18(23)22-19-17(4)16-27-20(19)21(24)25-5;/h16H,6-15H2,1-5H3;1H. The second kappa shape index (κ2) is 14.5. The van der Waals surface area contributed by atoms with Gasteiger partial charge >= 0.3 is 5.97 Å². The molecule has 1 amide bonds. The van der Waals surface area contributed by atoms with Crippen LogP contribution in [0.25, 0.3) is 0 Å². The third-order valence-corrected chi connectivity index (χ3v) is 10.9. The fraction of sp³-hybridized carbons (Fsp3) is 0.714. The van der Waals surface area contributed by atoms with Crippen LogP contribution in [0.1, 0.15) is 74.5 Å². The van der Waals surface area contributed by atoms with Crippen molar-refractivity contribution in [1.82, 2.24) is 0 Å². The molecule has 162 valence electrons. The molecule has 1 aromatic rings. The lowest BCUT2D eigenvalue weighted by molar-refractivity contribution is -0.113. The van der Waals surface area contributed by atoms with E-state index in [0.29, 0.717) is 16.7 Å². The molecule has 0 aliphatic carbocycles. The zero-order chi connectivity index (χ0) is 20.3. The van der Waals surface area contributed by atoms with Crippen LogP contribution in [-0.4, -0.2) is 43.6 Å². The van der Waals surface area contributed by atoms with Crippen LogP contribution >= 0.6 is 18.6 Å². The van der Waals surface area contributed by atoms with Gasteiger partial charge in [-0.25, -0.2) is 4.79 Å². The second-order valence-electron chi connectivity index (χ2n) is 7.39. The lowest BCUT2D eigenvalue weighted by Gasteiger charge is -2.27. The van der Waals surface area contributed by atoms with Crippen molar-refractivity contribution in [3.63, 3.8) is 0 Å². The van der Waals surface area contributed by atoms with Crippen LogP contribution in [0.15, 0.2) is 5.38 Å². The van der Waals surface area contributed by atoms with Crippen molar-refractivity contribution in [2.75, 3.05) is 37.1 Å². The van der Waals surface area contributed by atoms with E-state index >= 15 is 0 Å². The van der Waals surface area contributed by atoms with Gasteiger partial charge in [-0.15, -0.1) is 11.3 Å². The third kappa shape index (κ3) is 8.51. The number of rotatable bonds is 13. The monoisotopic (exact) mass is 493 g/mol. The van der Waals surface area contributed by atoms with Crippen molar-refractivity contribution in [3.05, 3.63) is 15.8 Å².